The molecule has 0 aliphatic carbocycles. The van der Waals surface area contributed by atoms with Crippen molar-refractivity contribution in [3.63, 3.8) is 0 Å². The molecular formula is C21H29N3O3. The Balaban J connectivity index is 1.88. The van der Waals surface area contributed by atoms with Gasteiger partial charge in [-0.05, 0) is 19.4 Å². The van der Waals surface area contributed by atoms with Crippen LogP contribution in [0.25, 0.3) is 0 Å². The first-order valence-electron chi connectivity index (χ1n) is 9.30. The minimum atomic E-state index is -0.188. The summed E-state index contributed by atoms with van der Waals surface area (Å²) in [6.07, 6.45) is 0.708. The van der Waals surface area contributed by atoms with Crippen molar-refractivity contribution < 1.29 is 9.47 Å². The molecule has 0 unspecified atom stereocenters. The van der Waals surface area contributed by atoms with E-state index in [1.54, 1.807) is 14.2 Å². The Morgan fingerprint density at radius 3 is 2.59 bits per heavy atom. The number of aromatic amines is 1. The van der Waals surface area contributed by atoms with E-state index < -0.39 is 0 Å². The van der Waals surface area contributed by atoms with Crippen molar-refractivity contribution in [2.75, 3.05) is 20.8 Å². The quantitative estimate of drug-likeness (QED) is 0.895. The molecule has 27 heavy (non-hydrogen) atoms. The van der Waals surface area contributed by atoms with Crippen LogP contribution in [0.3, 0.4) is 0 Å². The summed E-state index contributed by atoms with van der Waals surface area (Å²) in [5.74, 6) is 2.42. The number of fused-ring (bicyclic) bond motifs is 1. The number of hydrogen-bond donors (Lipinski definition) is 1. The number of rotatable bonds is 4. The molecule has 1 N–H and O–H groups in total. The van der Waals surface area contributed by atoms with Crippen LogP contribution < -0.4 is 15.0 Å². The fourth-order valence-electron chi connectivity index (χ4n) is 3.58. The van der Waals surface area contributed by atoms with E-state index in [0.717, 1.165) is 52.8 Å². The molecule has 1 aromatic carbocycles. The van der Waals surface area contributed by atoms with E-state index in [9.17, 15) is 4.79 Å². The molecule has 1 aromatic heterocycles. The molecule has 2 heterocycles. The first-order chi connectivity index (χ1) is 12.7. The molecule has 0 amide bonds. The van der Waals surface area contributed by atoms with E-state index in [2.05, 4.69) is 30.7 Å². The molecule has 1 aliphatic rings. The maximum absolute atomic E-state index is 12.5. The van der Waals surface area contributed by atoms with Crippen LogP contribution in [-0.2, 0) is 24.9 Å². The van der Waals surface area contributed by atoms with Crippen LogP contribution >= 0.6 is 0 Å². The lowest BCUT2D eigenvalue weighted by Gasteiger charge is -2.29. The van der Waals surface area contributed by atoms with Crippen LogP contribution in [-0.4, -0.2) is 35.6 Å². The van der Waals surface area contributed by atoms with Gasteiger partial charge in [0.15, 0.2) is 0 Å². The van der Waals surface area contributed by atoms with Gasteiger partial charge in [0.1, 0.15) is 17.3 Å². The standard InChI is InChI=1S/C21H29N3O3/c1-13-17(26-5)8-7-14(18(13)27-6)11-24-10-9-15-16(12-24)22-20(21(2,3)4)23-19(15)25/h7-8H,9-12H2,1-6H3,(H,22,23,25). The number of aromatic nitrogens is 2. The van der Waals surface area contributed by atoms with Crippen LogP contribution in [0.4, 0.5) is 0 Å². The third-order valence-corrected chi connectivity index (χ3v) is 5.12. The number of benzene rings is 1. The van der Waals surface area contributed by atoms with E-state index >= 15 is 0 Å². The van der Waals surface area contributed by atoms with Gasteiger partial charge in [0.2, 0.25) is 0 Å². The molecule has 2 aromatic rings. The van der Waals surface area contributed by atoms with Crippen molar-refractivity contribution in [2.45, 2.75) is 52.6 Å². The van der Waals surface area contributed by atoms with Crippen LogP contribution in [0, 0.1) is 6.92 Å². The summed E-state index contributed by atoms with van der Waals surface area (Å²) in [6, 6.07) is 4.03. The van der Waals surface area contributed by atoms with E-state index in [0.29, 0.717) is 13.0 Å². The molecule has 3 rings (SSSR count). The van der Waals surface area contributed by atoms with E-state index in [1.165, 1.54) is 0 Å². The van der Waals surface area contributed by atoms with Gasteiger partial charge in [0.05, 0.1) is 19.9 Å². The van der Waals surface area contributed by atoms with E-state index in [1.807, 2.05) is 19.1 Å². The Morgan fingerprint density at radius 1 is 1.22 bits per heavy atom. The monoisotopic (exact) mass is 371 g/mol. The topological polar surface area (TPSA) is 67.5 Å². The summed E-state index contributed by atoms with van der Waals surface area (Å²) >= 11 is 0. The van der Waals surface area contributed by atoms with E-state index in [4.69, 9.17) is 14.5 Å². The first-order valence-corrected chi connectivity index (χ1v) is 9.30. The summed E-state index contributed by atoms with van der Waals surface area (Å²) < 4.78 is 11.0. The number of nitrogens with one attached hydrogen (secondary N) is 1. The Morgan fingerprint density at radius 2 is 1.96 bits per heavy atom. The second-order valence-electron chi connectivity index (χ2n) is 8.14. The van der Waals surface area contributed by atoms with E-state index in [-0.39, 0.29) is 11.0 Å². The van der Waals surface area contributed by atoms with Crippen molar-refractivity contribution in [2.24, 2.45) is 0 Å². The molecule has 0 saturated heterocycles. The van der Waals surface area contributed by atoms with Crippen molar-refractivity contribution in [1.82, 2.24) is 14.9 Å². The average molecular weight is 371 g/mol. The smallest absolute Gasteiger partial charge is 0.254 e. The molecule has 0 saturated carbocycles. The normalized spacial score (nSPS) is 14.7. The molecule has 146 valence electrons. The van der Waals surface area contributed by atoms with Crippen molar-refractivity contribution in [3.05, 3.63) is 50.7 Å². The number of ether oxygens (including phenoxy) is 2. The first kappa shape index (κ1) is 19.4. The highest BCUT2D eigenvalue weighted by Gasteiger charge is 2.25. The summed E-state index contributed by atoms with van der Waals surface area (Å²) in [5, 5.41) is 0. The van der Waals surface area contributed by atoms with Crippen molar-refractivity contribution >= 4 is 0 Å². The molecule has 1 aliphatic heterocycles. The zero-order chi connectivity index (χ0) is 19.8. The fraction of sp³-hybridized carbons (Fsp3) is 0.524. The molecular weight excluding hydrogens is 342 g/mol. The van der Waals surface area contributed by atoms with Gasteiger partial charge in [-0.1, -0.05) is 26.8 Å². The second-order valence-corrected chi connectivity index (χ2v) is 8.14. The Kier molecular flexibility index (Phi) is 5.29. The highest BCUT2D eigenvalue weighted by Crippen LogP contribution is 2.32. The summed E-state index contributed by atoms with van der Waals surface area (Å²) in [6.45, 7) is 10.4. The zero-order valence-corrected chi connectivity index (χ0v) is 17.1. The molecule has 0 atom stereocenters. The lowest BCUT2D eigenvalue weighted by molar-refractivity contribution is 0.235. The average Bonchev–Trinajstić information content (AvgIpc) is 2.61. The summed E-state index contributed by atoms with van der Waals surface area (Å²) in [5.41, 5.74) is 3.63. The maximum atomic E-state index is 12.5. The molecule has 6 heteroatoms. The van der Waals surface area contributed by atoms with Gasteiger partial charge in [-0.3, -0.25) is 9.69 Å². The second kappa shape index (κ2) is 7.35. The highest BCUT2D eigenvalue weighted by atomic mass is 16.5. The largest absolute Gasteiger partial charge is 0.496 e. The van der Waals surface area contributed by atoms with Gasteiger partial charge in [0.25, 0.3) is 5.56 Å². The Labute approximate surface area is 160 Å². The predicted octanol–water partition coefficient (Wildman–Crippen LogP) is 2.95. The fourth-order valence-corrected chi connectivity index (χ4v) is 3.58. The van der Waals surface area contributed by atoms with Gasteiger partial charge in [-0.15, -0.1) is 0 Å². The van der Waals surface area contributed by atoms with Gasteiger partial charge < -0.3 is 14.5 Å². The third-order valence-electron chi connectivity index (χ3n) is 5.12. The van der Waals surface area contributed by atoms with Crippen LogP contribution in [0.1, 0.15) is 49.0 Å². The SMILES string of the molecule is COc1ccc(CN2CCc3c(nc(C(C)(C)C)[nH]c3=O)C2)c(OC)c1C. The summed E-state index contributed by atoms with van der Waals surface area (Å²) in [4.78, 5) is 22.5. The molecule has 0 spiro atoms. The highest BCUT2D eigenvalue weighted by molar-refractivity contribution is 5.49. The third kappa shape index (κ3) is 3.86. The number of H-pyrrole nitrogens is 1. The van der Waals surface area contributed by atoms with Crippen LogP contribution in [0.5, 0.6) is 11.5 Å². The number of methoxy groups -OCH3 is 2. The lowest BCUT2D eigenvalue weighted by atomic mass is 9.95. The minimum absolute atomic E-state index is 0.00227. The molecule has 0 radical (unpaired) electrons. The molecule has 6 nitrogen and oxygen atoms in total. The van der Waals surface area contributed by atoms with Crippen molar-refractivity contribution in [1.29, 1.82) is 0 Å². The number of nitrogens with zero attached hydrogens (tertiary/aromatic N) is 2. The Hall–Kier alpha value is -2.34. The van der Waals surface area contributed by atoms with Crippen LogP contribution in [0.2, 0.25) is 0 Å². The lowest BCUT2D eigenvalue weighted by Crippen LogP contribution is -2.36. The molecule has 0 bridgehead atoms. The van der Waals surface area contributed by atoms with Gasteiger partial charge in [-0.25, -0.2) is 4.98 Å². The van der Waals surface area contributed by atoms with Crippen LogP contribution in [0.15, 0.2) is 16.9 Å². The van der Waals surface area contributed by atoms with Crippen molar-refractivity contribution in [3.8, 4) is 11.5 Å². The number of hydrogen-bond acceptors (Lipinski definition) is 5. The maximum Gasteiger partial charge on any atom is 0.254 e. The zero-order valence-electron chi connectivity index (χ0n) is 17.1. The minimum Gasteiger partial charge on any atom is -0.496 e. The predicted molar refractivity (Wildman–Crippen MR) is 106 cm³/mol. The van der Waals surface area contributed by atoms with Gasteiger partial charge in [-0.2, -0.15) is 0 Å². The van der Waals surface area contributed by atoms with Gasteiger partial charge in [0, 0.05) is 41.7 Å². The Bertz CT molecular complexity index is 897. The molecule has 0 fully saturated rings. The van der Waals surface area contributed by atoms with Gasteiger partial charge >= 0.3 is 0 Å². The summed E-state index contributed by atoms with van der Waals surface area (Å²) in [7, 11) is 3.35.